The van der Waals surface area contributed by atoms with Crippen molar-refractivity contribution in [3.63, 3.8) is 0 Å². The van der Waals surface area contributed by atoms with Crippen molar-refractivity contribution < 1.29 is 14.3 Å². The second-order valence-electron chi connectivity index (χ2n) is 12.5. The normalized spacial score (nSPS) is 14.9. The lowest BCUT2D eigenvalue weighted by Gasteiger charge is -2.27. The van der Waals surface area contributed by atoms with Crippen LogP contribution in [-0.4, -0.2) is 28.3 Å². The fourth-order valence-electron chi connectivity index (χ4n) is 6.70. The number of hydrogen-bond donors (Lipinski definition) is 0. The highest BCUT2D eigenvalue weighted by Crippen LogP contribution is 2.41. The molecule has 2 heterocycles. The number of fused-ring (bicyclic) bond motifs is 1. The fourth-order valence-corrected chi connectivity index (χ4v) is 6.70. The average molecular weight is 646 g/mol. The maximum atomic E-state index is 9.44. The van der Waals surface area contributed by atoms with Crippen molar-refractivity contribution in [3.8, 4) is 28.7 Å². The Balaban J connectivity index is 0.000000808. The summed E-state index contributed by atoms with van der Waals surface area (Å²) in [5.41, 5.74) is 10.4. The number of hydrogen-bond acceptors (Lipinski definition) is 6. The molecule has 0 bridgehead atoms. The first-order valence-corrected chi connectivity index (χ1v) is 17.5. The molecule has 252 valence electrons. The van der Waals surface area contributed by atoms with Crippen LogP contribution in [0, 0.1) is 18.3 Å². The number of aromatic nitrogens is 1. The lowest BCUT2D eigenvalue weighted by atomic mass is 9.97. The lowest BCUT2D eigenvalue weighted by Crippen LogP contribution is -2.29. The molecule has 6 rings (SSSR count). The monoisotopic (exact) mass is 645 g/mol. The molecule has 1 aromatic heterocycles. The number of ether oxygens (including phenoxy) is 2. The van der Waals surface area contributed by atoms with E-state index in [4.69, 9.17) is 9.47 Å². The van der Waals surface area contributed by atoms with Crippen molar-refractivity contribution in [2.45, 2.75) is 106 Å². The van der Waals surface area contributed by atoms with E-state index < -0.39 is 0 Å². The highest BCUT2D eigenvalue weighted by molar-refractivity contribution is 5.72. The van der Waals surface area contributed by atoms with Gasteiger partial charge in [-0.1, -0.05) is 69.3 Å². The van der Waals surface area contributed by atoms with E-state index in [2.05, 4.69) is 84.4 Å². The number of benzene rings is 3. The number of pyridine rings is 1. The molecule has 1 aliphatic carbocycles. The van der Waals surface area contributed by atoms with Gasteiger partial charge in [0.2, 0.25) is 0 Å². The van der Waals surface area contributed by atoms with Crippen molar-refractivity contribution >= 4 is 5.78 Å². The molecule has 1 atom stereocenters. The van der Waals surface area contributed by atoms with Crippen LogP contribution in [0.15, 0.2) is 73.1 Å². The van der Waals surface area contributed by atoms with Gasteiger partial charge in [-0.2, -0.15) is 5.26 Å². The van der Waals surface area contributed by atoms with Gasteiger partial charge >= 0.3 is 0 Å². The highest BCUT2D eigenvalue weighted by atomic mass is 16.5. The predicted octanol–water partition coefficient (Wildman–Crippen LogP) is 9.57. The van der Waals surface area contributed by atoms with Crippen molar-refractivity contribution in [1.29, 1.82) is 5.26 Å². The van der Waals surface area contributed by atoms with Crippen molar-refractivity contribution in [3.05, 3.63) is 112 Å². The van der Waals surface area contributed by atoms with Gasteiger partial charge < -0.3 is 14.3 Å². The lowest BCUT2D eigenvalue weighted by molar-refractivity contribution is -0.115. The van der Waals surface area contributed by atoms with Crippen molar-refractivity contribution in [2.75, 3.05) is 6.54 Å². The first kappa shape index (κ1) is 36.4. The molecule has 3 aromatic carbocycles. The quantitative estimate of drug-likeness (QED) is 0.171. The Labute approximate surface area is 287 Å². The standard InChI is InChI=1S/C37H39N3O2.C3H6O.C2H6/c1-3-31-13-9-17-40(31)23-35-33-15-8-16-34(33)36(19-37(35)41-24-28-18-27(20-38)21-39-22-28)42-25-30-12-7-14-32(26(30)2)29-10-5-4-6-11-29;1-3(2)4;1-2/h4-7,10-12,14,18-19,21-22,31H,3,8-9,13,15-17,23-25H2,1-2H3;1-2H3;1-2H3. The largest absolute Gasteiger partial charge is 0.488 e. The molecule has 2 aliphatic rings. The number of likely N-dealkylation sites (tertiary alicyclic amines) is 1. The van der Waals surface area contributed by atoms with Crippen LogP contribution in [0.4, 0.5) is 0 Å². The predicted molar refractivity (Wildman–Crippen MR) is 194 cm³/mol. The van der Waals surface area contributed by atoms with E-state index in [9.17, 15) is 10.1 Å². The fraction of sp³-hybridized carbons (Fsp3) is 0.405. The van der Waals surface area contributed by atoms with Gasteiger partial charge in [-0.3, -0.25) is 9.88 Å². The van der Waals surface area contributed by atoms with Crippen LogP contribution >= 0.6 is 0 Å². The van der Waals surface area contributed by atoms with Crippen LogP contribution in [0.5, 0.6) is 11.5 Å². The minimum atomic E-state index is 0.167. The Kier molecular flexibility index (Phi) is 13.8. The maximum absolute atomic E-state index is 9.44. The minimum Gasteiger partial charge on any atom is -0.488 e. The molecule has 0 N–H and O–H groups in total. The molecule has 1 unspecified atom stereocenters. The highest BCUT2D eigenvalue weighted by Gasteiger charge is 2.29. The summed E-state index contributed by atoms with van der Waals surface area (Å²) >= 11 is 0. The molecule has 6 nitrogen and oxygen atoms in total. The summed E-state index contributed by atoms with van der Waals surface area (Å²) in [6.07, 6.45) is 10.3. The smallest absolute Gasteiger partial charge is 0.128 e. The molecular formula is C42H51N3O3. The van der Waals surface area contributed by atoms with E-state index in [0.29, 0.717) is 24.8 Å². The third kappa shape index (κ3) is 9.33. The SMILES string of the molecule is CC.CC(C)=O.CCC1CCCN1Cc1c(OCc2cncc(C#N)c2)cc(OCc2cccc(-c3ccccc3)c2C)c2c1CCC2. The summed E-state index contributed by atoms with van der Waals surface area (Å²) in [5.74, 6) is 1.99. The summed E-state index contributed by atoms with van der Waals surface area (Å²) in [6.45, 7) is 14.5. The van der Waals surface area contributed by atoms with E-state index in [1.54, 1.807) is 12.4 Å². The summed E-state index contributed by atoms with van der Waals surface area (Å²) in [7, 11) is 0. The summed E-state index contributed by atoms with van der Waals surface area (Å²) in [4.78, 5) is 16.3. The molecule has 0 radical (unpaired) electrons. The van der Waals surface area contributed by atoms with Crippen LogP contribution < -0.4 is 9.47 Å². The number of nitrogens with zero attached hydrogens (tertiary/aromatic N) is 3. The van der Waals surface area contributed by atoms with Crippen molar-refractivity contribution in [1.82, 2.24) is 9.88 Å². The molecule has 0 spiro atoms. The Hall–Kier alpha value is -4.47. The first-order chi connectivity index (χ1) is 23.4. The van der Waals surface area contributed by atoms with Crippen LogP contribution in [0.3, 0.4) is 0 Å². The second-order valence-corrected chi connectivity index (χ2v) is 12.5. The molecule has 1 fully saturated rings. The summed E-state index contributed by atoms with van der Waals surface area (Å²) in [6, 6.07) is 23.8. The van der Waals surface area contributed by atoms with Gasteiger partial charge in [0.1, 0.15) is 36.6 Å². The summed E-state index contributed by atoms with van der Waals surface area (Å²) in [5, 5.41) is 9.34. The third-order valence-corrected chi connectivity index (χ3v) is 9.00. The number of carbonyl (C=O) groups is 1. The maximum Gasteiger partial charge on any atom is 0.128 e. The molecule has 6 heteroatoms. The van der Waals surface area contributed by atoms with E-state index in [1.165, 1.54) is 72.1 Å². The van der Waals surface area contributed by atoms with Gasteiger partial charge in [0.25, 0.3) is 0 Å². The zero-order valence-electron chi connectivity index (χ0n) is 29.6. The van der Waals surface area contributed by atoms with E-state index in [0.717, 1.165) is 49.4 Å². The number of rotatable bonds is 10. The summed E-state index contributed by atoms with van der Waals surface area (Å²) < 4.78 is 13.2. The van der Waals surface area contributed by atoms with Gasteiger partial charge in [-0.05, 0) is 105 Å². The molecule has 0 amide bonds. The molecular weight excluding hydrogens is 594 g/mol. The zero-order chi connectivity index (χ0) is 34.5. The van der Waals surface area contributed by atoms with Crippen molar-refractivity contribution in [2.24, 2.45) is 0 Å². The number of Topliss-reactive ketones (excluding diaryl/α,β-unsaturated/α-hetero) is 1. The molecule has 48 heavy (non-hydrogen) atoms. The van der Waals surface area contributed by atoms with Crippen LogP contribution in [0.2, 0.25) is 0 Å². The number of nitriles is 1. The van der Waals surface area contributed by atoms with Crippen LogP contribution in [0.1, 0.15) is 99.2 Å². The first-order valence-electron chi connectivity index (χ1n) is 17.5. The molecule has 1 saturated heterocycles. The molecule has 0 saturated carbocycles. The van der Waals surface area contributed by atoms with Gasteiger partial charge in [-0.15, -0.1) is 0 Å². The van der Waals surface area contributed by atoms with Gasteiger partial charge in [0.05, 0.1) is 5.56 Å². The molecule has 1 aliphatic heterocycles. The number of carbonyl (C=O) groups excluding carboxylic acids is 1. The Morgan fingerprint density at radius 1 is 0.938 bits per heavy atom. The Bertz CT molecular complexity index is 1690. The zero-order valence-corrected chi connectivity index (χ0v) is 29.6. The van der Waals surface area contributed by atoms with Gasteiger partial charge in [0.15, 0.2) is 0 Å². The van der Waals surface area contributed by atoms with E-state index in [-0.39, 0.29) is 5.78 Å². The van der Waals surface area contributed by atoms with Gasteiger partial charge in [-0.25, -0.2) is 0 Å². The number of ketones is 1. The Morgan fingerprint density at radius 3 is 2.40 bits per heavy atom. The average Bonchev–Trinajstić information content (AvgIpc) is 3.79. The third-order valence-electron chi connectivity index (χ3n) is 9.00. The van der Waals surface area contributed by atoms with Crippen LogP contribution in [-0.2, 0) is 37.4 Å². The minimum absolute atomic E-state index is 0.167. The molecule has 4 aromatic rings. The Morgan fingerprint density at radius 2 is 1.67 bits per heavy atom. The topological polar surface area (TPSA) is 75.5 Å². The van der Waals surface area contributed by atoms with E-state index >= 15 is 0 Å². The van der Waals surface area contributed by atoms with Gasteiger partial charge in [0, 0.05) is 42.2 Å². The second kappa shape index (κ2) is 18.2. The van der Waals surface area contributed by atoms with E-state index in [1.807, 2.05) is 19.9 Å². The van der Waals surface area contributed by atoms with Crippen LogP contribution in [0.25, 0.3) is 11.1 Å².